The molecular formula is C27H47NO6Si2. The molecule has 0 aromatic heterocycles. The summed E-state index contributed by atoms with van der Waals surface area (Å²) in [5.41, 5.74) is -2.69. The molecule has 1 aliphatic heterocycles. The van der Waals surface area contributed by atoms with Crippen LogP contribution in [-0.4, -0.2) is 69.3 Å². The summed E-state index contributed by atoms with van der Waals surface area (Å²) in [6.45, 7) is 24.4. The highest BCUT2D eigenvalue weighted by molar-refractivity contribution is 6.74. The Labute approximate surface area is 220 Å². The van der Waals surface area contributed by atoms with Gasteiger partial charge in [-0.15, -0.1) is 0 Å². The van der Waals surface area contributed by atoms with E-state index in [1.54, 1.807) is 13.8 Å². The lowest BCUT2D eigenvalue weighted by molar-refractivity contribution is -0.164. The van der Waals surface area contributed by atoms with Crippen LogP contribution in [0, 0.1) is 23.2 Å². The Morgan fingerprint density at radius 1 is 1.08 bits per heavy atom. The summed E-state index contributed by atoms with van der Waals surface area (Å²) in [4.78, 5) is 0. The van der Waals surface area contributed by atoms with E-state index < -0.39 is 46.3 Å². The normalized spacial score (nSPS) is 28.6. The summed E-state index contributed by atoms with van der Waals surface area (Å²) in [5.74, 6) is 4.96. The molecule has 0 aromatic rings. The molecule has 1 fully saturated rings. The van der Waals surface area contributed by atoms with Crippen molar-refractivity contribution in [2.75, 3.05) is 13.2 Å². The van der Waals surface area contributed by atoms with Gasteiger partial charge >= 0.3 is 0 Å². The summed E-state index contributed by atoms with van der Waals surface area (Å²) in [6.07, 6.45) is 1.04. The molecule has 9 heteroatoms. The molecule has 0 saturated carbocycles. The quantitative estimate of drug-likeness (QED) is 0.283. The number of hydrogen-bond donors (Lipinski definition) is 2. The number of aliphatic hydroxyl groups is 2. The standard InChI is InChI=1S/C27H47NO6Si2/c1-23(2,3)35(9,10)33-21-15-20(27(16-21,18-28)34-36(11,12)24(4,5)6)13-14-26(30,19-29)22-17-31-25(7,8)32-22/h15,21-22,29-30H,16-17,19H2,1-12H3/t21-,22-,26+,27+/m1/s1/i14+1. The number of aliphatic hydroxyl groups excluding tert-OH is 1. The van der Waals surface area contributed by atoms with Gasteiger partial charge in [-0.05, 0) is 56.2 Å². The zero-order valence-electron chi connectivity index (χ0n) is 24.3. The molecule has 0 radical (unpaired) electrons. The number of rotatable bonds is 6. The Balaban J connectivity index is 2.54. The van der Waals surface area contributed by atoms with Crippen molar-refractivity contribution in [3.05, 3.63) is 11.6 Å². The SMILES string of the molecule is CC1(C)OC[C@H]([C@@](O)(CO)[13C]#CC2=C[C@@H](O[Si](C)(C)C(C)(C)C)C[C@@]2(C#N)O[Si](C)(C)C(C)(C)C)O1. The summed E-state index contributed by atoms with van der Waals surface area (Å²) < 4.78 is 24.8. The van der Waals surface area contributed by atoms with E-state index in [0.717, 1.165) is 0 Å². The van der Waals surface area contributed by atoms with E-state index >= 15 is 0 Å². The molecule has 0 amide bonds. The van der Waals surface area contributed by atoms with Gasteiger partial charge in [-0.3, -0.25) is 0 Å². The predicted molar refractivity (Wildman–Crippen MR) is 146 cm³/mol. The lowest BCUT2D eigenvalue weighted by Gasteiger charge is -2.42. The monoisotopic (exact) mass is 538 g/mol. The minimum absolute atomic E-state index is 0.00534. The zero-order valence-corrected chi connectivity index (χ0v) is 26.3. The molecule has 204 valence electrons. The summed E-state index contributed by atoms with van der Waals surface area (Å²) >= 11 is 0. The van der Waals surface area contributed by atoms with E-state index in [-0.39, 0.29) is 22.8 Å². The molecular weight excluding hydrogens is 491 g/mol. The second-order valence-corrected chi connectivity index (χ2v) is 23.1. The summed E-state index contributed by atoms with van der Waals surface area (Å²) in [6, 6.07) is 2.42. The van der Waals surface area contributed by atoms with Crippen molar-refractivity contribution < 1.29 is 28.5 Å². The maximum absolute atomic E-state index is 11.2. The van der Waals surface area contributed by atoms with Crippen molar-refractivity contribution in [2.24, 2.45) is 0 Å². The van der Waals surface area contributed by atoms with Gasteiger partial charge in [0.15, 0.2) is 33.6 Å². The van der Waals surface area contributed by atoms with Crippen LogP contribution in [0.5, 0.6) is 0 Å². The van der Waals surface area contributed by atoms with Crippen molar-refractivity contribution >= 4 is 16.6 Å². The molecule has 0 aromatic carbocycles. The Morgan fingerprint density at radius 2 is 1.64 bits per heavy atom. The van der Waals surface area contributed by atoms with Crippen molar-refractivity contribution in [1.29, 1.82) is 5.26 Å². The van der Waals surface area contributed by atoms with Crippen molar-refractivity contribution in [2.45, 2.75) is 127 Å². The van der Waals surface area contributed by atoms with Crippen LogP contribution in [0.1, 0.15) is 61.8 Å². The third-order valence-corrected chi connectivity index (χ3v) is 17.1. The van der Waals surface area contributed by atoms with Gasteiger partial charge in [-0.25, -0.2) is 0 Å². The molecule has 0 unspecified atom stereocenters. The van der Waals surface area contributed by atoms with Gasteiger partial charge in [-0.1, -0.05) is 53.4 Å². The molecule has 7 nitrogen and oxygen atoms in total. The fraction of sp³-hybridized carbons (Fsp3) is 0.815. The molecule has 0 bridgehead atoms. The van der Waals surface area contributed by atoms with Gasteiger partial charge in [0.05, 0.1) is 19.3 Å². The number of hydrogen-bond acceptors (Lipinski definition) is 7. The first-order valence-electron chi connectivity index (χ1n) is 12.7. The number of nitrogens with zero attached hydrogens (tertiary/aromatic N) is 1. The Morgan fingerprint density at radius 3 is 2.06 bits per heavy atom. The van der Waals surface area contributed by atoms with E-state index in [4.69, 9.17) is 18.3 Å². The maximum Gasteiger partial charge on any atom is 0.194 e. The molecule has 2 N–H and O–H groups in total. The van der Waals surface area contributed by atoms with Crippen LogP contribution in [-0.2, 0) is 18.3 Å². The second-order valence-electron chi connectivity index (χ2n) is 13.7. The molecule has 1 saturated heterocycles. The second kappa shape index (κ2) is 9.94. The van der Waals surface area contributed by atoms with Gasteiger partial charge in [-0.2, -0.15) is 5.26 Å². The zero-order chi connectivity index (χ0) is 28.0. The van der Waals surface area contributed by atoms with Crippen molar-refractivity contribution in [1.82, 2.24) is 0 Å². The minimum Gasteiger partial charge on any atom is -0.410 e. The van der Waals surface area contributed by atoms with E-state index in [1.165, 1.54) is 0 Å². The van der Waals surface area contributed by atoms with E-state index in [2.05, 4.69) is 85.6 Å². The van der Waals surface area contributed by atoms with E-state index in [1.807, 2.05) is 6.08 Å². The maximum atomic E-state index is 11.2. The lowest BCUT2D eigenvalue weighted by atomic mass is 9.97. The lowest BCUT2D eigenvalue weighted by Crippen LogP contribution is -2.50. The van der Waals surface area contributed by atoms with Crippen LogP contribution < -0.4 is 0 Å². The Kier molecular flexibility index (Phi) is 8.62. The molecule has 0 spiro atoms. The average molecular weight is 539 g/mol. The average Bonchev–Trinajstić information content (AvgIpc) is 3.23. The van der Waals surface area contributed by atoms with Crippen molar-refractivity contribution in [3.63, 3.8) is 0 Å². The van der Waals surface area contributed by atoms with Crippen LogP contribution >= 0.6 is 0 Å². The fourth-order valence-corrected chi connectivity index (χ4v) is 6.36. The van der Waals surface area contributed by atoms with E-state index in [0.29, 0.717) is 12.0 Å². The smallest absolute Gasteiger partial charge is 0.194 e. The molecule has 1 aliphatic carbocycles. The van der Waals surface area contributed by atoms with Gasteiger partial charge < -0.3 is 28.5 Å². The molecule has 36 heavy (non-hydrogen) atoms. The van der Waals surface area contributed by atoms with E-state index in [9.17, 15) is 15.5 Å². The third kappa shape index (κ3) is 6.51. The van der Waals surface area contributed by atoms with Gasteiger partial charge in [0.25, 0.3) is 0 Å². The summed E-state index contributed by atoms with van der Waals surface area (Å²) in [7, 11) is -4.54. The van der Waals surface area contributed by atoms with Crippen LogP contribution in [0.4, 0.5) is 0 Å². The van der Waals surface area contributed by atoms with Crippen LogP contribution in [0.2, 0.25) is 36.3 Å². The van der Waals surface area contributed by atoms with Crippen LogP contribution in [0.3, 0.4) is 0 Å². The Bertz CT molecular complexity index is 960. The van der Waals surface area contributed by atoms with Gasteiger partial charge in [0.1, 0.15) is 12.2 Å². The first-order valence-corrected chi connectivity index (χ1v) is 18.5. The van der Waals surface area contributed by atoms with Gasteiger partial charge in [0.2, 0.25) is 0 Å². The highest BCUT2D eigenvalue weighted by atomic mass is 28.4. The van der Waals surface area contributed by atoms with Gasteiger partial charge in [0, 0.05) is 12.0 Å². The third-order valence-electron chi connectivity index (χ3n) is 8.14. The highest BCUT2D eigenvalue weighted by Gasteiger charge is 2.52. The predicted octanol–water partition coefficient (Wildman–Crippen LogP) is 4.87. The first kappa shape index (κ1) is 31.2. The Hall–Kier alpha value is -1.02. The highest BCUT2D eigenvalue weighted by Crippen LogP contribution is 2.46. The molecule has 2 rings (SSSR count). The number of ether oxygens (including phenoxy) is 2. The topological polar surface area (TPSA) is 101 Å². The van der Waals surface area contributed by atoms with Crippen molar-refractivity contribution in [3.8, 4) is 17.9 Å². The summed E-state index contributed by atoms with van der Waals surface area (Å²) in [5, 5.41) is 31.6. The fourth-order valence-electron chi connectivity index (χ4n) is 3.68. The minimum atomic E-state index is -2.39. The first-order chi connectivity index (χ1) is 16.0. The molecule has 2 aliphatic rings. The molecule has 1 heterocycles. The van der Waals surface area contributed by atoms with Crippen LogP contribution in [0.25, 0.3) is 0 Å². The molecule has 4 atom stereocenters. The van der Waals surface area contributed by atoms with Crippen LogP contribution in [0.15, 0.2) is 11.6 Å². The number of nitriles is 1. The largest absolute Gasteiger partial charge is 0.410 e.